The van der Waals surface area contributed by atoms with E-state index < -0.39 is 45.9 Å². The number of hydrogen-bond donors (Lipinski definition) is 3. The average molecular weight is 631 g/mol. The van der Waals surface area contributed by atoms with E-state index in [9.17, 15) is 32.7 Å². The minimum absolute atomic E-state index is 0.222. The maximum Gasteiger partial charge on any atom is 0.433 e. The van der Waals surface area contributed by atoms with Crippen LogP contribution in [-0.2, 0) is 27.7 Å². The Morgan fingerprint density at radius 2 is 1.86 bits per heavy atom. The SMILES string of the molecule is C[S+]([O-])c1ccccc1-c1cc(Nc2nccc(C(F)(F)F)n2)cc(-c2cnc([C@]3(O)CC[C@@H](C(=O)O)C(C)(C)C3)s2)c1. The van der Waals surface area contributed by atoms with Gasteiger partial charge in [-0.1, -0.05) is 26.0 Å². The van der Waals surface area contributed by atoms with Gasteiger partial charge in [0.1, 0.15) is 22.6 Å². The monoisotopic (exact) mass is 630 g/mol. The number of rotatable bonds is 7. The number of aromatic nitrogens is 3. The summed E-state index contributed by atoms with van der Waals surface area (Å²) in [6, 6.07) is 13.2. The number of anilines is 2. The lowest BCUT2D eigenvalue weighted by Crippen LogP contribution is -2.44. The molecule has 3 N–H and O–H groups in total. The molecule has 0 radical (unpaired) electrons. The summed E-state index contributed by atoms with van der Waals surface area (Å²) in [7, 11) is 0. The highest BCUT2D eigenvalue weighted by atomic mass is 32.2. The second kappa shape index (κ2) is 11.5. The molecule has 13 heteroatoms. The molecule has 226 valence electrons. The summed E-state index contributed by atoms with van der Waals surface area (Å²) in [5.41, 5.74) is -0.700. The molecule has 0 saturated heterocycles. The number of nitrogens with one attached hydrogen (secondary N) is 1. The maximum atomic E-state index is 13.3. The Kier molecular flexibility index (Phi) is 8.29. The summed E-state index contributed by atoms with van der Waals surface area (Å²) in [5, 5.41) is 24.6. The van der Waals surface area contributed by atoms with E-state index in [4.69, 9.17) is 0 Å². The molecule has 5 rings (SSSR count). The van der Waals surface area contributed by atoms with Crippen molar-refractivity contribution in [3.8, 4) is 21.6 Å². The van der Waals surface area contributed by atoms with Crippen molar-refractivity contribution in [3.63, 3.8) is 0 Å². The zero-order chi connectivity index (χ0) is 31.2. The molecule has 8 nitrogen and oxygen atoms in total. The number of carboxylic acids is 1. The van der Waals surface area contributed by atoms with E-state index in [1.165, 1.54) is 11.3 Å². The summed E-state index contributed by atoms with van der Waals surface area (Å²) in [4.78, 5) is 25.1. The highest BCUT2D eigenvalue weighted by molar-refractivity contribution is 7.90. The molecule has 0 aliphatic heterocycles. The van der Waals surface area contributed by atoms with Crippen molar-refractivity contribution in [1.82, 2.24) is 15.0 Å². The smallest absolute Gasteiger partial charge is 0.433 e. The minimum Gasteiger partial charge on any atom is -0.612 e. The zero-order valence-electron chi connectivity index (χ0n) is 23.5. The van der Waals surface area contributed by atoms with Gasteiger partial charge < -0.3 is 20.1 Å². The third-order valence-corrected chi connectivity index (χ3v) is 9.88. The van der Waals surface area contributed by atoms with Crippen molar-refractivity contribution in [3.05, 3.63) is 71.6 Å². The predicted octanol–water partition coefficient (Wildman–Crippen LogP) is 6.87. The van der Waals surface area contributed by atoms with E-state index >= 15 is 0 Å². The van der Waals surface area contributed by atoms with E-state index in [1.54, 1.807) is 42.8 Å². The van der Waals surface area contributed by atoms with Crippen LogP contribution in [0.2, 0.25) is 0 Å². The van der Waals surface area contributed by atoms with Gasteiger partial charge in [0.25, 0.3) is 0 Å². The predicted molar refractivity (Wildman–Crippen MR) is 158 cm³/mol. The molecule has 2 aromatic carbocycles. The van der Waals surface area contributed by atoms with Crippen LogP contribution in [-0.4, -0.2) is 41.9 Å². The van der Waals surface area contributed by atoms with Gasteiger partial charge in [-0.3, -0.25) is 4.79 Å². The molecule has 1 fully saturated rings. The van der Waals surface area contributed by atoms with Crippen molar-refractivity contribution in [2.24, 2.45) is 11.3 Å². The van der Waals surface area contributed by atoms with Crippen LogP contribution in [0.15, 0.2) is 65.8 Å². The van der Waals surface area contributed by atoms with Gasteiger partial charge in [0.05, 0.1) is 10.8 Å². The number of benzene rings is 2. The van der Waals surface area contributed by atoms with Crippen LogP contribution in [0.1, 0.15) is 43.8 Å². The number of carboxylic acid groups (broad SMARTS) is 1. The van der Waals surface area contributed by atoms with Gasteiger partial charge in [0.15, 0.2) is 4.90 Å². The number of carbonyl (C=O) groups is 1. The molecule has 0 amide bonds. The summed E-state index contributed by atoms with van der Waals surface area (Å²) in [6.45, 7) is 3.66. The molecule has 1 saturated carbocycles. The third-order valence-electron chi connectivity index (χ3n) is 7.67. The normalized spacial score (nSPS) is 20.9. The Balaban J connectivity index is 1.56. The van der Waals surface area contributed by atoms with E-state index in [-0.39, 0.29) is 18.8 Å². The first-order chi connectivity index (χ1) is 20.2. The Hall–Kier alpha value is -3.52. The molecule has 43 heavy (non-hydrogen) atoms. The van der Waals surface area contributed by atoms with Crippen molar-refractivity contribution in [2.45, 2.75) is 49.8 Å². The summed E-state index contributed by atoms with van der Waals surface area (Å²) in [5.74, 6) is -1.72. The first-order valence-electron chi connectivity index (χ1n) is 13.3. The fraction of sp³-hybridized carbons (Fsp3) is 0.333. The zero-order valence-corrected chi connectivity index (χ0v) is 25.1. The molecular formula is C30H29F3N4O4S2. The summed E-state index contributed by atoms with van der Waals surface area (Å²) < 4.78 is 52.4. The number of nitrogens with zero attached hydrogens (tertiary/aromatic N) is 3. The number of aliphatic carboxylic acids is 1. The lowest BCUT2D eigenvalue weighted by atomic mass is 9.63. The van der Waals surface area contributed by atoms with Gasteiger partial charge in [0, 0.05) is 23.6 Å². The van der Waals surface area contributed by atoms with E-state index in [2.05, 4.69) is 20.3 Å². The molecule has 0 spiro atoms. The topological polar surface area (TPSA) is 131 Å². The average Bonchev–Trinajstić information content (AvgIpc) is 3.43. The second-order valence-corrected chi connectivity index (χ2v) is 13.7. The summed E-state index contributed by atoms with van der Waals surface area (Å²) in [6.07, 6.45) is 0.328. The fourth-order valence-corrected chi connectivity index (χ4v) is 7.45. The van der Waals surface area contributed by atoms with Gasteiger partial charge in [-0.2, -0.15) is 13.2 Å². The second-order valence-electron chi connectivity index (χ2n) is 11.3. The number of thiazole rings is 1. The molecule has 4 aromatic rings. The van der Waals surface area contributed by atoms with Gasteiger partial charge in [-0.25, -0.2) is 15.0 Å². The van der Waals surface area contributed by atoms with E-state index in [1.807, 2.05) is 26.0 Å². The number of hydrogen-bond acceptors (Lipinski definition) is 8. The first-order valence-corrected chi connectivity index (χ1v) is 15.7. The molecule has 2 heterocycles. The summed E-state index contributed by atoms with van der Waals surface area (Å²) >= 11 is -0.0626. The molecular weight excluding hydrogens is 601 g/mol. The standard InChI is InChI=1S/C30H29F3N4O4S2/c1-28(2)16-29(40,10-8-21(28)25(38)39)26-35-15-22(42-26)18-12-17(20-6-4-5-7-23(20)43(3)41)13-19(14-18)36-27-34-11-9-24(37-27)30(31,32)33/h4-7,9,11-15,21,40H,8,10,16H2,1-3H3,(H,38,39)(H,34,36,37)/t21-,29-,43?/m0/s1. The number of alkyl halides is 3. The highest BCUT2D eigenvalue weighted by Crippen LogP contribution is 2.51. The minimum atomic E-state index is -4.64. The van der Waals surface area contributed by atoms with Crippen LogP contribution in [0.5, 0.6) is 0 Å². The van der Waals surface area contributed by atoms with Crippen molar-refractivity contribution in [1.29, 1.82) is 0 Å². The molecule has 0 bridgehead atoms. The largest absolute Gasteiger partial charge is 0.612 e. The van der Waals surface area contributed by atoms with Crippen LogP contribution in [0.4, 0.5) is 24.8 Å². The highest BCUT2D eigenvalue weighted by Gasteiger charge is 2.49. The van der Waals surface area contributed by atoms with E-state index in [0.29, 0.717) is 43.6 Å². The third kappa shape index (κ3) is 6.54. The lowest BCUT2D eigenvalue weighted by Gasteiger charge is -2.44. The van der Waals surface area contributed by atoms with Crippen LogP contribution < -0.4 is 5.32 Å². The van der Waals surface area contributed by atoms with Crippen molar-refractivity contribution >= 4 is 40.1 Å². The molecule has 2 aromatic heterocycles. The molecule has 1 aliphatic carbocycles. The Labute approximate surface area is 253 Å². The molecule has 1 aliphatic rings. The van der Waals surface area contributed by atoms with Gasteiger partial charge in [-0.15, -0.1) is 11.3 Å². The Morgan fingerprint density at radius 3 is 2.53 bits per heavy atom. The lowest BCUT2D eigenvalue weighted by molar-refractivity contribution is -0.154. The number of aliphatic hydroxyl groups is 1. The quantitative estimate of drug-likeness (QED) is 0.189. The van der Waals surface area contributed by atoms with Crippen molar-refractivity contribution in [2.75, 3.05) is 11.6 Å². The number of halogens is 3. The van der Waals surface area contributed by atoms with Crippen molar-refractivity contribution < 1.29 is 32.7 Å². The Bertz CT molecular complexity index is 1660. The Morgan fingerprint density at radius 1 is 1.14 bits per heavy atom. The van der Waals surface area contributed by atoms with Crippen LogP contribution in [0.25, 0.3) is 21.6 Å². The fourth-order valence-electron chi connectivity index (χ4n) is 5.66. The molecule has 1 unspecified atom stereocenters. The van der Waals surface area contributed by atoms with Crippen LogP contribution in [0.3, 0.4) is 0 Å². The van der Waals surface area contributed by atoms with Gasteiger partial charge >= 0.3 is 12.1 Å². The van der Waals surface area contributed by atoms with Crippen LogP contribution >= 0.6 is 11.3 Å². The molecule has 3 atom stereocenters. The van der Waals surface area contributed by atoms with Gasteiger partial charge in [-0.05, 0) is 83.4 Å². The van der Waals surface area contributed by atoms with Crippen LogP contribution in [0, 0.1) is 11.3 Å². The maximum absolute atomic E-state index is 13.3. The first kappa shape index (κ1) is 30.9. The van der Waals surface area contributed by atoms with E-state index in [0.717, 1.165) is 12.3 Å². The van der Waals surface area contributed by atoms with Gasteiger partial charge in [0.2, 0.25) is 5.95 Å².